The van der Waals surface area contributed by atoms with Crippen molar-refractivity contribution < 1.29 is 0 Å². The Morgan fingerprint density at radius 2 is 1.87 bits per heavy atom. The van der Waals surface area contributed by atoms with Gasteiger partial charge in [0.15, 0.2) is 0 Å². The molecule has 2 aromatic rings. The van der Waals surface area contributed by atoms with Crippen LogP contribution in [0, 0.1) is 5.92 Å². The molecule has 4 rings (SSSR count). The van der Waals surface area contributed by atoms with E-state index in [1.807, 2.05) is 0 Å². The van der Waals surface area contributed by atoms with Crippen molar-refractivity contribution in [3.63, 3.8) is 0 Å². The van der Waals surface area contributed by atoms with Gasteiger partial charge in [0.25, 0.3) is 0 Å². The van der Waals surface area contributed by atoms with Crippen LogP contribution in [0.1, 0.15) is 55.3 Å². The zero-order valence-corrected chi connectivity index (χ0v) is 19.8. The van der Waals surface area contributed by atoms with E-state index < -0.39 is 0 Å². The molecule has 2 aliphatic rings. The number of benzene rings is 1. The van der Waals surface area contributed by atoms with Crippen molar-refractivity contribution in [1.82, 2.24) is 15.3 Å². The molecule has 2 N–H and O–H groups in total. The number of fused-ring (bicyclic) bond motifs is 1. The fourth-order valence-electron chi connectivity index (χ4n) is 4.77. The highest BCUT2D eigenvalue weighted by Gasteiger charge is 2.23. The maximum Gasteiger partial charge on any atom is 0.225 e. The van der Waals surface area contributed by atoms with E-state index in [0.29, 0.717) is 6.04 Å². The summed E-state index contributed by atoms with van der Waals surface area (Å²) in [4.78, 5) is 11.9. The number of nitrogens with zero attached hydrogens (tertiary/aromatic N) is 3. The lowest BCUT2D eigenvalue weighted by Gasteiger charge is -2.30. The van der Waals surface area contributed by atoms with Gasteiger partial charge in [0, 0.05) is 36.7 Å². The Hall–Kier alpha value is -1.66. The van der Waals surface area contributed by atoms with Crippen LogP contribution in [0.5, 0.6) is 0 Å². The van der Waals surface area contributed by atoms with Crippen LogP contribution in [0.25, 0.3) is 0 Å². The third-order valence-corrected chi connectivity index (χ3v) is 6.91. The van der Waals surface area contributed by atoms with E-state index in [4.69, 9.17) is 9.97 Å². The van der Waals surface area contributed by atoms with E-state index >= 15 is 0 Å². The summed E-state index contributed by atoms with van der Waals surface area (Å²) >= 11 is 3.55. The second kappa shape index (κ2) is 10.1. The SMILES string of the molecule is CN(C)c1nc(NC2CCC(CNCc3cccc(Br)c3)CC2)nc2c1CCCC2. The average Bonchev–Trinajstić information content (AvgIpc) is 2.74. The van der Waals surface area contributed by atoms with Crippen molar-refractivity contribution >= 4 is 27.7 Å². The summed E-state index contributed by atoms with van der Waals surface area (Å²) < 4.78 is 1.15. The molecule has 0 unspecified atom stereocenters. The van der Waals surface area contributed by atoms with Gasteiger partial charge in [0.2, 0.25) is 5.95 Å². The summed E-state index contributed by atoms with van der Waals surface area (Å²) in [7, 11) is 4.18. The summed E-state index contributed by atoms with van der Waals surface area (Å²) in [5.74, 6) is 2.69. The van der Waals surface area contributed by atoms with Crippen LogP contribution in [-0.4, -0.2) is 36.6 Å². The first-order valence-corrected chi connectivity index (χ1v) is 12.2. The van der Waals surface area contributed by atoms with Gasteiger partial charge in [-0.15, -0.1) is 0 Å². The summed E-state index contributed by atoms with van der Waals surface area (Å²) in [5, 5.41) is 7.31. The quantitative estimate of drug-likeness (QED) is 0.598. The van der Waals surface area contributed by atoms with Gasteiger partial charge in [0.05, 0.1) is 5.69 Å². The molecule has 1 saturated carbocycles. The predicted octanol–water partition coefficient (Wildman–Crippen LogP) is 4.94. The third-order valence-electron chi connectivity index (χ3n) is 6.42. The van der Waals surface area contributed by atoms with Crippen molar-refractivity contribution in [3.8, 4) is 0 Å². The number of halogens is 1. The lowest BCUT2D eigenvalue weighted by atomic mass is 9.86. The fourth-order valence-corrected chi connectivity index (χ4v) is 5.22. The van der Waals surface area contributed by atoms with Crippen LogP contribution in [0.4, 0.5) is 11.8 Å². The molecule has 0 radical (unpaired) electrons. The number of hydrogen-bond acceptors (Lipinski definition) is 5. The molecular formula is C24H34BrN5. The van der Waals surface area contributed by atoms with Crippen LogP contribution in [0.3, 0.4) is 0 Å². The molecule has 0 bridgehead atoms. The topological polar surface area (TPSA) is 53.1 Å². The fraction of sp³-hybridized carbons (Fsp3) is 0.583. The van der Waals surface area contributed by atoms with Crippen molar-refractivity contribution in [3.05, 3.63) is 45.6 Å². The number of rotatable bonds is 7. The highest BCUT2D eigenvalue weighted by atomic mass is 79.9. The van der Waals surface area contributed by atoms with Crippen molar-refractivity contribution in [2.24, 2.45) is 5.92 Å². The van der Waals surface area contributed by atoms with Crippen LogP contribution in [0.2, 0.25) is 0 Å². The molecule has 0 spiro atoms. The van der Waals surface area contributed by atoms with E-state index in [-0.39, 0.29) is 0 Å². The standard InChI is InChI=1S/C24H34BrN5/c1-30(2)23-21-8-3-4-9-22(21)28-24(29-23)27-20-12-10-17(11-13-20)15-26-16-18-6-5-7-19(25)14-18/h5-7,14,17,20,26H,3-4,8-13,15-16H2,1-2H3,(H,27,28,29). The van der Waals surface area contributed by atoms with Crippen LogP contribution in [0.15, 0.2) is 28.7 Å². The Morgan fingerprint density at radius 3 is 2.63 bits per heavy atom. The monoisotopic (exact) mass is 471 g/mol. The summed E-state index contributed by atoms with van der Waals surface area (Å²) in [6, 6.07) is 9.03. The minimum Gasteiger partial charge on any atom is -0.362 e. The third kappa shape index (κ3) is 5.52. The normalized spacial score (nSPS) is 21.2. The Kier molecular flexibility index (Phi) is 7.26. The van der Waals surface area contributed by atoms with Gasteiger partial charge in [-0.05, 0) is 81.5 Å². The van der Waals surface area contributed by atoms with Gasteiger partial charge in [0.1, 0.15) is 5.82 Å². The first-order valence-electron chi connectivity index (χ1n) is 11.4. The van der Waals surface area contributed by atoms with E-state index in [1.165, 1.54) is 55.3 Å². The molecule has 1 fully saturated rings. The second-order valence-electron chi connectivity index (χ2n) is 9.02. The summed E-state index contributed by atoms with van der Waals surface area (Å²) in [6.45, 7) is 2.03. The minimum absolute atomic E-state index is 0.489. The first kappa shape index (κ1) is 21.6. The average molecular weight is 472 g/mol. The molecule has 0 saturated heterocycles. The molecule has 1 heterocycles. The molecule has 1 aromatic carbocycles. The largest absolute Gasteiger partial charge is 0.362 e. The van der Waals surface area contributed by atoms with E-state index in [0.717, 1.165) is 48.1 Å². The lowest BCUT2D eigenvalue weighted by Crippen LogP contribution is -2.32. The molecule has 0 atom stereocenters. The second-order valence-corrected chi connectivity index (χ2v) is 9.94. The molecule has 0 amide bonds. The Morgan fingerprint density at radius 1 is 1.07 bits per heavy atom. The van der Waals surface area contributed by atoms with Gasteiger partial charge in [-0.2, -0.15) is 4.98 Å². The zero-order chi connectivity index (χ0) is 20.9. The zero-order valence-electron chi connectivity index (χ0n) is 18.3. The maximum absolute atomic E-state index is 4.89. The van der Waals surface area contributed by atoms with Crippen molar-refractivity contribution in [2.45, 2.75) is 64.0 Å². The minimum atomic E-state index is 0.489. The molecule has 2 aliphatic carbocycles. The van der Waals surface area contributed by atoms with Crippen LogP contribution >= 0.6 is 15.9 Å². The van der Waals surface area contributed by atoms with Crippen LogP contribution < -0.4 is 15.5 Å². The van der Waals surface area contributed by atoms with Gasteiger partial charge in [-0.3, -0.25) is 0 Å². The van der Waals surface area contributed by atoms with E-state index in [2.05, 4.69) is 69.8 Å². The first-order chi connectivity index (χ1) is 14.6. The maximum atomic E-state index is 4.89. The number of aromatic nitrogens is 2. The van der Waals surface area contributed by atoms with E-state index in [9.17, 15) is 0 Å². The number of hydrogen-bond donors (Lipinski definition) is 2. The number of nitrogens with one attached hydrogen (secondary N) is 2. The molecule has 1 aromatic heterocycles. The summed E-state index contributed by atoms with van der Waals surface area (Å²) in [6.07, 6.45) is 9.61. The molecule has 162 valence electrons. The Bertz CT molecular complexity index is 845. The van der Waals surface area contributed by atoms with Gasteiger partial charge < -0.3 is 15.5 Å². The molecule has 5 nitrogen and oxygen atoms in total. The van der Waals surface area contributed by atoms with Crippen LogP contribution in [-0.2, 0) is 19.4 Å². The van der Waals surface area contributed by atoms with Gasteiger partial charge in [-0.25, -0.2) is 4.98 Å². The molecule has 30 heavy (non-hydrogen) atoms. The summed E-state index contributed by atoms with van der Waals surface area (Å²) in [5.41, 5.74) is 3.95. The number of aryl methyl sites for hydroxylation is 1. The number of anilines is 2. The molecule has 6 heteroatoms. The highest BCUT2D eigenvalue weighted by Crippen LogP contribution is 2.30. The Balaban J connectivity index is 1.27. The predicted molar refractivity (Wildman–Crippen MR) is 128 cm³/mol. The van der Waals surface area contributed by atoms with Gasteiger partial charge in [-0.1, -0.05) is 28.1 Å². The van der Waals surface area contributed by atoms with Gasteiger partial charge >= 0.3 is 0 Å². The highest BCUT2D eigenvalue weighted by molar-refractivity contribution is 9.10. The lowest BCUT2D eigenvalue weighted by molar-refractivity contribution is 0.323. The molecular weight excluding hydrogens is 438 g/mol. The van der Waals surface area contributed by atoms with Crippen molar-refractivity contribution in [2.75, 3.05) is 30.9 Å². The Labute approximate surface area is 189 Å². The van der Waals surface area contributed by atoms with E-state index in [1.54, 1.807) is 0 Å². The molecule has 0 aliphatic heterocycles. The van der Waals surface area contributed by atoms with Crippen molar-refractivity contribution in [1.29, 1.82) is 0 Å². The smallest absolute Gasteiger partial charge is 0.225 e.